The van der Waals surface area contributed by atoms with Crippen LogP contribution in [-0.2, 0) is 6.42 Å². The van der Waals surface area contributed by atoms with E-state index in [1.54, 1.807) is 16.9 Å². The van der Waals surface area contributed by atoms with Crippen molar-refractivity contribution in [3.63, 3.8) is 0 Å². The molecule has 216 valence electrons. The molecule has 0 saturated carbocycles. The van der Waals surface area contributed by atoms with Crippen LogP contribution in [0.3, 0.4) is 0 Å². The van der Waals surface area contributed by atoms with Gasteiger partial charge in [0, 0.05) is 49.5 Å². The molecule has 2 aliphatic carbocycles. The number of benzene rings is 1. The van der Waals surface area contributed by atoms with Crippen molar-refractivity contribution in [1.82, 2.24) is 39.7 Å². The van der Waals surface area contributed by atoms with Crippen molar-refractivity contribution in [3.8, 4) is 11.4 Å². The molecule has 3 aromatic heterocycles. The van der Waals surface area contributed by atoms with Gasteiger partial charge in [0.15, 0.2) is 11.5 Å². The van der Waals surface area contributed by atoms with Crippen LogP contribution in [0, 0.1) is 5.82 Å². The van der Waals surface area contributed by atoms with Gasteiger partial charge in [0.05, 0.1) is 18.4 Å². The van der Waals surface area contributed by atoms with E-state index in [4.69, 9.17) is 9.97 Å². The number of rotatable bonds is 5. The molecule has 11 heteroatoms. The third kappa shape index (κ3) is 4.98. The summed E-state index contributed by atoms with van der Waals surface area (Å²) in [5.74, 6) is 0.417. The second-order valence-electron chi connectivity index (χ2n) is 11.6. The number of nitrogens with one attached hydrogen (secondary N) is 2. The first-order chi connectivity index (χ1) is 20.4. The Hall–Kier alpha value is -4.38. The lowest BCUT2D eigenvalue weighted by Gasteiger charge is -2.33. The zero-order valence-corrected chi connectivity index (χ0v) is 23.8. The van der Waals surface area contributed by atoms with Crippen LogP contribution in [0.4, 0.5) is 15.1 Å². The normalized spacial score (nSPS) is 19.5. The van der Waals surface area contributed by atoms with Gasteiger partial charge < -0.3 is 20.4 Å². The molecule has 2 N–H and O–H groups in total. The molecule has 1 fully saturated rings. The summed E-state index contributed by atoms with van der Waals surface area (Å²) in [6, 6.07) is 9.71. The molecule has 2 atom stereocenters. The number of allylic oxidation sites excluding steroid dienone is 1. The van der Waals surface area contributed by atoms with Crippen LogP contribution in [0.25, 0.3) is 22.6 Å². The Morgan fingerprint density at radius 2 is 1.93 bits per heavy atom. The molecule has 42 heavy (non-hydrogen) atoms. The van der Waals surface area contributed by atoms with Gasteiger partial charge in [0.25, 0.3) is 0 Å². The molecule has 3 aliphatic rings. The van der Waals surface area contributed by atoms with Crippen molar-refractivity contribution in [2.45, 2.75) is 44.7 Å². The number of amides is 2. The number of urea groups is 1. The lowest BCUT2D eigenvalue weighted by molar-refractivity contribution is 0.152. The van der Waals surface area contributed by atoms with E-state index in [1.807, 2.05) is 11.8 Å². The number of halogens is 1. The van der Waals surface area contributed by atoms with Gasteiger partial charge in [-0.3, -0.25) is 4.98 Å². The number of carbonyl (C=O) groups excluding carboxylic acids is 1. The molecular formula is C31H34FN9O. The molecule has 1 saturated heterocycles. The molecule has 0 bridgehead atoms. The van der Waals surface area contributed by atoms with Crippen LogP contribution in [0.15, 0.2) is 54.5 Å². The predicted molar refractivity (Wildman–Crippen MR) is 158 cm³/mol. The van der Waals surface area contributed by atoms with E-state index in [1.165, 1.54) is 28.3 Å². The van der Waals surface area contributed by atoms with E-state index in [9.17, 15) is 9.18 Å². The summed E-state index contributed by atoms with van der Waals surface area (Å²) in [5.41, 5.74) is 7.49. The number of carbonyl (C=O) groups is 1. The Morgan fingerprint density at radius 1 is 1.10 bits per heavy atom. The zero-order chi connectivity index (χ0) is 28.8. The fraction of sp³-hybridized carbons (Fsp3) is 0.387. The van der Waals surface area contributed by atoms with Gasteiger partial charge in [-0.05, 0) is 62.4 Å². The highest BCUT2D eigenvalue weighted by Crippen LogP contribution is 2.42. The number of aromatic nitrogens is 5. The molecule has 0 radical (unpaired) electrons. The smallest absolute Gasteiger partial charge is 0.317 e. The van der Waals surface area contributed by atoms with Gasteiger partial charge in [-0.1, -0.05) is 29.8 Å². The van der Waals surface area contributed by atoms with Crippen molar-refractivity contribution in [3.05, 3.63) is 77.0 Å². The van der Waals surface area contributed by atoms with Crippen LogP contribution in [0.1, 0.15) is 48.9 Å². The van der Waals surface area contributed by atoms with Crippen LogP contribution in [-0.4, -0.2) is 79.7 Å². The number of piperazine rings is 1. The Bertz CT molecular complexity index is 1690. The van der Waals surface area contributed by atoms with E-state index in [0.717, 1.165) is 50.5 Å². The lowest BCUT2D eigenvalue weighted by Crippen LogP contribution is -2.51. The van der Waals surface area contributed by atoms with Gasteiger partial charge >= 0.3 is 6.03 Å². The quantitative estimate of drug-likeness (QED) is 0.370. The first kappa shape index (κ1) is 26.5. The minimum atomic E-state index is -0.460. The van der Waals surface area contributed by atoms with Crippen LogP contribution in [0.5, 0.6) is 0 Å². The summed E-state index contributed by atoms with van der Waals surface area (Å²) in [6.45, 7) is 4.98. The molecule has 1 unspecified atom stereocenters. The molecule has 1 aliphatic heterocycles. The maximum atomic E-state index is 14.2. The third-order valence-electron chi connectivity index (χ3n) is 8.71. The van der Waals surface area contributed by atoms with E-state index in [-0.39, 0.29) is 18.1 Å². The maximum Gasteiger partial charge on any atom is 0.317 e. The molecular weight excluding hydrogens is 533 g/mol. The molecule has 0 spiro atoms. The lowest BCUT2D eigenvalue weighted by atomic mass is 9.88. The summed E-state index contributed by atoms with van der Waals surface area (Å²) in [5, 5.41) is 11.4. The monoisotopic (exact) mass is 567 g/mol. The standard InChI is InChI=1S/C31H34FN9O/c1-19(35-31(42)40-11-9-39(2)10-12-40)27-18-34-41-29(27)37-28(22-14-23(32)17-33-16-22)38-30(41)36-24-8-7-21-13-20-5-3-4-6-25(20)26(21)15-24/h3-6,14,16-19,24H,7-13,15H2,1-2H3,(H,35,42)(H,36,37,38)/t19?,24-/m1/s1. The Labute approximate surface area is 243 Å². The topological polar surface area (TPSA) is 104 Å². The average Bonchev–Trinajstić information content (AvgIpc) is 3.59. The highest BCUT2D eigenvalue weighted by Gasteiger charge is 2.29. The number of hydrogen-bond acceptors (Lipinski definition) is 7. The van der Waals surface area contributed by atoms with Crippen molar-refractivity contribution >= 4 is 23.2 Å². The van der Waals surface area contributed by atoms with E-state index >= 15 is 0 Å². The molecule has 7 rings (SSSR count). The fourth-order valence-corrected chi connectivity index (χ4v) is 6.31. The van der Waals surface area contributed by atoms with Gasteiger partial charge in [-0.2, -0.15) is 14.6 Å². The average molecular weight is 568 g/mol. The number of anilines is 1. The predicted octanol–water partition coefficient (Wildman–Crippen LogP) is 4.32. The summed E-state index contributed by atoms with van der Waals surface area (Å²) >= 11 is 0. The van der Waals surface area contributed by atoms with Crippen molar-refractivity contribution in [1.29, 1.82) is 0 Å². The van der Waals surface area contributed by atoms with Crippen molar-refractivity contribution in [2.75, 3.05) is 38.5 Å². The van der Waals surface area contributed by atoms with E-state index < -0.39 is 5.82 Å². The largest absolute Gasteiger partial charge is 0.351 e. The molecule has 10 nitrogen and oxygen atoms in total. The number of fused-ring (bicyclic) bond motifs is 3. The van der Waals surface area contributed by atoms with Crippen molar-refractivity contribution < 1.29 is 9.18 Å². The Balaban J connectivity index is 1.20. The van der Waals surface area contributed by atoms with Crippen molar-refractivity contribution in [2.24, 2.45) is 0 Å². The third-order valence-corrected chi connectivity index (χ3v) is 8.71. The molecule has 4 heterocycles. The highest BCUT2D eigenvalue weighted by molar-refractivity contribution is 5.78. The Kier molecular flexibility index (Phi) is 6.81. The van der Waals surface area contributed by atoms with Crippen LogP contribution in [0.2, 0.25) is 0 Å². The summed E-state index contributed by atoms with van der Waals surface area (Å²) in [7, 11) is 2.06. The van der Waals surface area contributed by atoms with Crippen LogP contribution < -0.4 is 10.6 Å². The second-order valence-corrected chi connectivity index (χ2v) is 11.6. The van der Waals surface area contributed by atoms with Crippen LogP contribution >= 0.6 is 0 Å². The SMILES string of the molecule is CC(NC(=O)N1CCN(C)CC1)c1cnn2c(N[C@@H]3CCC4=C(C3)c3ccccc3C4)nc(-c3cncc(F)c3)nc12. The maximum absolute atomic E-state index is 14.2. The zero-order valence-electron chi connectivity index (χ0n) is 23.8. The minimum absolute atomic E-state index is 0.111. The first-order valence-electron chi connectivity index (χ1n) is 14.6. The van der Waals surface area contributed by atoms with Gasteiger partial charge in [0.1, 0.15) is 5.82 Å². The number of hydrogen-bond donors (Lipinski definition) is 2. The highest BCUT2D eigenvalue weighted by atomic mass is 19.1. The van der Waals surface area contributed by atoms with Gasteiger partial charge in [0.2, 0.25) is 5.95 Å². The number of nitrogens with zero attached hydrogens (tertiary/aromatic N) is 7. The first-order valence-corrected chi connectivity index (χ1v) is 14.6. The minimum Gasteiger partial charge on any atom is -0.351 e. The number of pyridine rings is 1. The van der Waals surface area contributed by atoms with E-state index in [0.29, 0.717) is 36.1 Å². The molecule has 1 aromatic carbocycles. The summed E-state index contributed by atoms with van der Waals surface area (Å²) in [6.07, 6.45) is 8.37. The second kappa shape index (κ2) is 10.8. The summed E-state index contributed by atoms with van der Waals surface area (Å²) in [4.78, 5) is 30.7. The number of likely N-dealkylation sites (N-methyl/N-ethyl adjacent to an activating group) is 1. The van der Waals surface area contributed by atoms with Gasteiger partial charge in [-0.15, -0.1) is 0 Å². The van der Waals surface area contributed by atoms with E-state index in [2.05, 4.69) is 56.9 Å². The summed E-state index contributed by atoms with van der Waals surface area (Å²) < 4.78 is 15.9. The Morgan fingerprint density at radius 3 is 2.76 bits per heavy atom. The van der Waals surface area contributed by atoms with Gasteiger partial charge in [-0.25, -0.2) is 14.2 Å². The fourth-order valence-electron chi connectivity index (χ4n) is 6.31. The molecule has 2 amide bonds. The molecule has 4 aromatic rings.